The van der Waals surface area contributed by atoms with Gasteiger partial charge in [-0.3, -0.25) is 0 Å². The van der Waals surface area contributed by atoms with Gasteiger partial charge in [-0.2, -0.15) is 5.26 Å². The fourth-order valence-corrected chi connectivity index (χ4v) is 1.20. The SMILES string of the molecule is COC(=O)[C@H](C)Oc1cc(C#N)ccc1C. The Bertz CT molecular complexity index is 434. The molecule has 4 heteroatoms. The van der Waals surface area contributed by atoms with Crippen molar-refractivity contribution in [2.45, 2.75) is 20.0 Å². The minimum absolute atomic E-state index is 0.443. The van der Waals surface area contributed by atoms with Gasteiger partial charge in [0.1, 0.15) is 5.75 Å². The van der Waals surface area contributed by atoms with Crippen LogP contribution in [0, 0.1) is 18.3 Å². The predicted molar refractivity (Wildman–Crippen MR) is 58.0 cm³/mol. The van der Waals surface area contributed by atoms with E-state index in [1.807, 2.05) is 13.0 Å². The van der Waals surface area contributed by atoms with Crippen molar-refractivity contribution >= 4 is 5.97 Å². The van der Waals surface area contributed by atoms with Crippen LogP contribution in [0.4, 0.5) is 0 Å². The summed E-state index contributed by atoms with van der Waals surface area (Å²) in [5, 5.41) is 8.75. The van der Waals surface area contributed by atoms with Gasteiger partial charge in [0.25, 0.3) is 0 Å². The number of hydrogen-bond donors (Lipinski definition) is 0. The second-order valence-electron chi connectivity index (χ2n) is 3.38. The van der Waals surface area contributed by atoms with E-state index in [0.29, 0.717) is 11.3 Å². The Labute approximate surface area is 94.4 Å². The smallest absolute Gasteiger partial charge is 0.346 e. The molecule has 84 valence electrons. The molecule has 0 aliphatic rings. The zero-order valence-electron chi connectivity index (χ0n) is 9.48. The summed E-state index contributed by atoms with van der Waals surface area (Å²) in [6.45, 7) is 3.45. The number of nitrogens with zero attached hydrogens (tertiary/aromatic N) is 1. The molecule has 0 unspecified atom stereocenters. The topological polar surface area (TPSA) is 59.3 Å². The van der Waals surface area contributed by atoms with Crippen LogP contribution in [-0.2, 0) is 9.53 Å². The maximum Gasteiger partial charge on any atom is 0.346 e. The lowest BCUT2D eigenvalue weighted by Crippen LogP contribution is -2.25. The van der Waals surface area contributed by atoms with Crippen LogP contribution < -0.4 is 4.74 Å². The normalized spacial score (nSPS) is 11.4. The van der Waals surface area contributed by atoms with Crippen molar-refractivity contribution in [3.63, 3.8) is 0 Å². The summed E-state index contributed by atoms with van der Waals surface area (Å²) in [6.07, 6.45) is -0.683. The summed E-state index contributed by atoms with van der Waals surface area (Å²) >= 11 is 0. The van der Waals surface area contributed by atoms with E-state index in [1.54, 1.807) is 25.1 Å². The fourth-order valence-electron chi connectivity index (χ4n) is 1.20. The highest BCUT2D eigenvalue weighted by Gasteiger charge is 2.15. The summed E-state index contributed by atoms with van der Waals surface area (Å²) in [7, 11) is 1.31. The van der Waals surface area contributed by atoms with Gasteiger partial charge < -0.3 is 9.47 Å². The Balaban J connectivity index is 2.88. The second-order valence-corrected chi connectivity index (χ2v) is 3.38. The van der Waals surface area contributed by atoms with Gasteiger partial charge in [-0.25, -0.2) is 4.79 Å². The Morgan fingerprint density at radius 2 is 2.19 bits per heavy atom. The minimum Gasteiger partial charge on any atom is -0.479 e. The lowest BCUT2D eigenvalue weighted by molar-refractivity contribution is -0.147. The molecule has 0 heterocycles. The van der Waals surface area contributed by atoms with Crippen LogP contribution >= 0.6 is 0 Å². The summed E-state index contributed by atoms with van der Waals surface area (Å²) in [5.74, 6) is 0.0821. The van der Waals surface area contributed by atoms with Gasteiger partial charge in [0, 0.05) is 0 Å². The maximum absolute atomic E-state index is 11.2. The third kappa shape index (κ3) is 2.74. The highest BCUT2D eigenvalue weighted by molar-refractivity contribution is 5.74. The quantitative estimate of drug-likeness (QED) is 0.727. The second kappa shape index (κ2) is 5.17. The molecular formula is C12H13NO3. The summed E-state index contributed by atoms with van der Waals surface area (Å²) in [4.78, 5) is 11.2. The van der Waals surface area contributed by atoms with Gasteiger partial charge >= 0.3 is 5.97 Å². The van der Waals surface area contributed by atoms with Crippen LogP contribution in [0.2, 0.25) is 0 Å². The van der Waals surface area contributed by atoms with E-state index in [9.17, 15) is 4.79 Å². The van der Waals surface area contributed by atoms with E-state index < -0.39 is 12.1 Å². The first-order valence-electron chi connectivity index (χ1n) is 4.83. The van der Waals surface area contributed by atoms with Crippen molar-refractivity contribution in [2.24, 2.45) is 0 Å². The predicted octanol–water partition coefficient (Wildman–Crippen LogP) is 1.81. The molecule has 0 aliphatic carbocycles. The Hall–Kier alpha value is -2.02. The standard InChI is InChI=1S/C12H13NO3/c1-8-4-5-10(7-13)6-11(8)16-9(2)12(14)15-3/h4-6,9H,1-3H3/t9-/m0/s1. The number of esters is 1. The van der Waals surface area contributed by atoms with E-state index in [2.05, 4.69) is 4.74 Å². The average Bonchev–Trinajstić information content (AvgIpc) is 2.30. The summed E-state index contributed by atoms with van der Waals surface area (Å²) in [6, 6.07) is 7.10. The lowest BCUT2D eigenvalue weighted by Gasteiger charge is -2.14. The first-order valence-corrected chi connectivity index (χ1v) is 4.83. The van der Waals surface area contributed by atoms with Crippen molar-refractivity contribution in [1.29, 1.82) is 5.26 Å². The molecule has 0 spiro atoms. The van der Waals surface area contributed by atoms with Crippen LogP contribution in [0.15, 0.2) is 18.2 Å². The van der Waals surface area contributed by atoms with E-state index in [4.69, 9.17) is 10.00 Å². The molecule has 0 saturated carbocycles. The summed E-state index contributed by atoms with van der Waals surface area (Å²) in [5.41, 5.74) is 1.37. The molecule has 4 nitrogen and oxygen atoms in total. The number of carbonyl (C=O) groups is 1. The molecule has 0 fully saturated rings. The van der Waals surface area contributed by atoms with Crippen molar-refractivity contribution in [1.82, 2.24) is 0 Å². The van der Waals surface area contributed by atoms with Crippen LogP contribution in [0.1, 0.15) is 18.1 Å². The Morgan fingerprint density at radius 1 is 1.50 bits per heavy atom. The molecule has 1 aromatic carbocycles. The zero-order valence-corrected chi connectivity index (χ0v) is 9.48. The number of nitriles is 1. The molecule has 0 radical (unpaired) electrons. The van der Waals surface area contributed by atoms with Crippen LogP contribution in [-0.4, -0.2) is 19.2 Å². The van der Waals surface area contributed by atoms with Gasteiger partial charge in [0.2, 0.25) is 0 Å². The molecule has 0 bridgehead atoms. The third-order valence-electron chi connectivity index (χ3n) is 2.15. The number of methoxy groups -OCH3 is 1. The van der Waals surface area contributed by atoms with Crippen LogP contribution in [0.5, 0.6) is 5.75 Å². The molecule has 1 atom stereocenters. The number of rotatable bonds is 3. The van der Waals surface area contributed by atoms with Crippen molar-refractivity contribution in [2.75, 3.05) is 7.11 Å². The molecule has 0 aliphatic heterocycles. The molecule has 1 rings (SSSR count). The first kappa shape index (κ1) is 12.1. The van der Waals surface area contributed by atoms with Gasteiger partial charge in [0.15, 0.2) is 6.10 Å². The van der Waals surface area contributed by atoms with Gasteiger partial charge in [-0.1, -0.05) is 6.07 Å². The van der Waals surface area contributed by atoms with E-state index in [1.165, 1.54) is 7.11 Å². The van der Waals surface area contributed by atoms with Crippen molar-refractivity contribution in [3.8, 4) is 11.8 Å². The minimum atomic E-state index is -0.683. The van der Waals surface area contributed by atoms with E-state index in [-0.39, 0.29) is 0 Å². The van der Waals surface area contributed by atoms with Crippen LogP contribution in [0.25, 0.3) is 0 Å². The average molecular weight is 219 g/mol. The van der Waals surface area contributed by atoms with E-state index >= 15 is 0 Å². The van der Waals surface area contributed by atoms with Gasteiger partial charge in [-0.15, -0.1) is 0 Å². The number of carbonyl (C=O) groups excluding carboxylic acids is 1. The lowest BCUT2D eigenvalue weighted by atomic mass is 10.1. The zero-order chi connectivity index (χ0) is 12.1. The third-order valence-corrected chi connectivity index (χ3v) is 2.15. The molecule has 1 aromatic rings. The number of hydrogen-bond acceptors (Lipinski definition) is 4. The number of ether oxygens (including phenoxy) is 2. The molecule has 0 amide bonds. The number of aryl methyl sites for hydroxylation is 1. The summed E-state index contributed by atoms with van der Waals surface area (Å²) < 4.78 is 9.97. The molecule has 16 heavy (non-hydrogen) atoms. The van der Waals surface area contributed by atoms with Crippen molar-refractivity contribution < 1.29 is 14.3 Å². The first-order chi connectivity index (χ1) is 7.58. The van der Waals surface area contributed by atoms with Crippen LogP contribution in [0.3, 0.4) is 0 Å². The monoisotopic (exact) mass is 219 g/mol. The number of benzene rings is 1. The highest BCUT2D eigenvalue weighted by Crippen LogP contribution is 2.20. The Morgan fingerprint density at radius 3 is 2.75 bits per heavy atom. The molecule has 0 saturated heterocycles. The highest BCUT2D eigenvalue weighted by atomic mass is 16.6. The fraction of sp³-hybridized carbons (Fsp3) is 0.333. The van der Waals surface area contributed by atoms with Crippen molar-refractivity contribution in [3.05, 3.63) is 29.3 Å². The molecule has 0 N–H and O–H groups in total. The molecular weight excluding hydrogens is 206 g/mol. The molecule has 0 aromatic heterocycles. The largest absolute Gasteiger partial charge is 0.479 e. The van der Waals surface area contributed by atoms with Gasteiger partial charge in [0.05, 0.1) is 18.7 Å². The Kier molecular flexibility index (Phi) is 3.90. The van der Waals surface area contributed by atoms with E-state index in [0.717, 1.165) is 5.56 Å². The van der Waals surface area contributed by atoms with Gasteiger partial charge in [-0.05, 0) is 31.5 Å². The maximum atomic E-state index is 11.2.